The first-order valence-electron chi connectivity index (χ1n) is 8.93. The van der Waals surface area contributed by atoms with Crippen LogP contribution in [0.2, 0.25) is 0 Å². The molecule has 0 saturated carbocycles. The molecule has 0 bridgehead atoms. The molecule has 5 rings (SSSR count). The number of aromatic nitrogens is 3. The van der Waals surface area contributed by atoms with Crippen molar-refractivity contribution in [2.45, 2.75) is 12.7 Å². The Morgan fingerprint density at radius 3 is 2.53 bits per heavy atom. The van der Waals surface area contributed by atoms with Crippen LogP contribution in [0.4, 0.5) is 23.2 Å². The first-order chi connectivity index (χ1) is 14.3. The molecule has 0 radical (unpaired) electrons. The number of H-pyrrole nitrogens is 1. The van der Waals surface area contributed by atoms with Crippen molar-refractivity contribution in [1.82, 2.24) is 15.0 Å². The third-order valence-corrected chi connectivity index (χ3v) is 4.97. The molecule has 9 heteroatoms. The molecular weight excluding hydrogens is 400 g/mol. The van der Waals surface area contributed by atoms with Gasteiger partial charge in [-0.25, -0.2) is 14.4 Å². The number of nitrogens with one attached hydrogen (secondary N) is 1. The zero-order valence-electron chi connectivity index (χ0n) is 15.2. The van der Waals surface area contributed by atoms with Crippen molar-refractivity contribution in [2.24, 2.45) is 0 Å². The number of nitrogens with zero attached hydrogens (tertiary/aromatic N) is 3. The average Bonchev–Trinajstić information content (AvgIpc) is 3.28. The smallest absolute Gasteiger partial charge is 0.338 e. The van der Waals surface area contributed by atoms with E-state index in [2.05, 4.69) is 15.0 Å². The highest BCUT2D eigenvalue weighted by Gasteiger charge is 2.31. The Morgan fingerprint density at radius 1 is 1.03 bits per heavy atom. The number of carbonyl (C=O) groups excluding carboxylic acids is 1. The molecule has 1 amide bonds. The van der Waals surface area contributed by atoms with Crippen molar-refractivity contribution in [3.05, 3.63) is 77.4 Å². The van der Waals surface area contributed by atoms with Crippen LogP contribution in [-0.4, -0.2) is 20.9 Å². The Morgan fingerprint density at radius 2 is 1.80 bits per heavy atom. The molecule has 1 N–H and O–H groups in total. The summed E-state index contributed by atoms with van der Waals surface area (Å²) in [5.74, 6) is -0.408. The van der Waals surface area contributed by atoms with Crippen molar-refractivity contribution >= 4 is 22.6 Å². The van der Waals surface area contributed by atoms with Crippen molar-refractivity contribution < 1.29 is 22.4 Å². The molecule has 1 aliphatic heterocycles. The fourth-order valence-electron chi connectivity index (χ4n) is 3.49. The highest BCUT2D eigenvalue weighted by molar-refractivity contribution is 6.08. The molecule has 1 aliphatic rings. The number of fused-ring (bicyclic) bond motifs is 2. The predicted molar refractivity (Wildman–Crippen MR) is 101 cm³/mol. The van der Waals surface area contributed by atoms with Gasteiger partial charge in [-0.05, 0) is 48.5 Å². The molecule has 0 aliphatic carbocycles. The maximum absolute atomic E-state index is 13.4. The fraction of sp³-hybridized carbons (Fsp3) is 0.0952. The van der Waals surface area contributed by atoms with E-state index in [0.717, 1.165) is 18.3 Å². The molecule has 0 saturated heterocycles. The molecule has 5 nitrogen and oxygen atoms in total. The SMILES string of the molecule is O=C1c2ncc(F)cc2CN1c1ccc(-c2nc3ccc(C(F)(F)F)cc3[nH]2)cc1. The molecule has 2 aromatic heterocycles. The first-order valence-corrected chi connectivity index (χ1v) is 8.93. The molecule has 0 atom stereocenters. The Labute approximate surface area is 167 Å². The maximum atomic E-state index is 13.4. The monoisotopic (exact) mass is 412 g/mol. The lowest BCUT2D eigenvalue weighted by Gasteiger charge is -2.15. The minimum atomic E-state index is -4.43. The van der Waals surface area contributed by atoms with E-state index in [0.29, 0.717) is 28.2 Å². The van der Waals surface area contributed by atoms with Crippen LogP contribution >= 0.6 is 0 Å². The topological polar surface area (TPSA) is 61.9 Å². The van der Waals surface area contributed by atoms with Gasteiger partial charge in [0.15, 0.2) is 0 Å². The lowest BCUT2D eigenvalue weighted by Crippen LogP contribution is -2.23. The van der Waals surface area contributed by atoms with Crippen LogP contribution in [0.1, 0.15) is 21.6 Å². The van der Waals surface area contributed by atoms with Gasteiger partial charge in [0, 0.05) is 16.8 Å². The van der Waals surface area contributed by atoms with Gasteiger partial charge in [-0.3, -0.25) is 4.79 Å². The second-order valence-corrected chi connectivity index (χ2v) is 6.91. The average molecular weight is 412 g/mol. The molecule has 30 heavy (non-hydrogen) atoms. The summed E-state index contributed by atoms with van der Waals surface area (Å²) in [7, 11) is 0. The molecule has 150 valence electrons. The molecule has 4 aromatic rings. The fourth-order valence-corrected chi connectivity index (χ4v) is 3.49. The van der Waals surface area contributed by atoms with E-state index >= 15 is 0 Å². The Bertz CT molecular complexity index is 1290. The van der Waals surface area contributed by atoms with Gasteiger partial charge in [0.1, 0.15) is 17.3 Å². The van der Waals surface area contributed by atoms with Crippen LogP contribution in [0, 0.1) is 5.82 Å². The third-order valence-electron chi connectivity index (χ3n) is 4.97. The maximum Gasteiger partial charge on any atom is 0.416 e. The lowest BCUT2D eigenvalue weighted by molar-refractivity contribution is -0.137. The van der Waals surface area contributed by atoms with Crippen molar-refractivity contribution in [1.29, 1.82) is 0 Å². The quantitative estimate of drug-likeness (QED) is 0.474. The number of carbonyl (C=O) groups is 1. The molecule has 0 spiro atoms. The molecule has 0 unspecified atom stereocenters. The number of alkyl halides is 3. The highest BCUT2D eigenvalue weighted by Crippen LogP contribution is 2.33. The number of hydrogen-bond donors (Lipinski definition) is 1. The van der Waals surface area contributed by atoms with E-state index in [4.69, 9.17) is 0 Å². The summed E-state index contributed by atoms with van der Waals surface area (Å²) in [5.41, 5.74) is 1.93. The van der Waals surface area contributed by atoms with E-state index in [1.807, 2.05) is 0 Å². The van der Waals surface area contributed by atoms with Crippen LogP contribution in [-0.2, 0) is 12.7 Å². The summed E-state index contributed by atoms with van der Waals surface area (Å²) >= 11 is 0. The van der Waals surface area contributed by atoms with Crippen molar-refractivity contribution in [3.8, 4) is 11.4 Å². The minimum absolute atomic E-state index is 0.211. The van der Waals surface area contributed by atoms with Gasteiger partial charge in [-0.2, -0.15) is 13.2 Å². The van der Waals surface area contributed by atoms with Crippen molar-refractivity contribution in [2.75, 3.05) is 4.90 Å². The van der Waals surface area contributed by atoms with E-state index in [9.17, 15) is 22.4 Å². The number of benzene rings is 2. The van der Waals surface area contributed by atoms with E-state index < -0.39 is 17.6 Å². The zero-order chi connectivity index (χ0) is 21.0. The second kappa shape index (κ2) is 6.38. The molecule has 0 fully saturated rings. The van der Waals surface area contributed by atoms with E-state index in [1.165, 1.54) is 17.0 Å². The number of anilines is 1. The standard InChI is InChI=1S/C21H12F4N4O/c22-14-7-12-10-29(20(30)18(12)26-9-14)15-4-1-11(2-5-15)19-27-16-6-3-13(21(23,24)25)8-17(16)28-19/h1-9H,10H2,(H,27,28). The van der Waals surface area contributed by atoms with Gasteiger partial charge in [0.05, 0.1) is 29.3 Å². The largest absolute Gasteiger partial charge is 0.416 e. The predicted octanol–water partition coefficient (Wildman–Crippen LogP) is 4.94. The van der Waals surface area contributed by atoms with E-state index in [-0.39, 0.29) is 23.7 Å². The van der Waals surface area contributed by atoms with Crippen LogP contribution in [0.15, 0.2) is 54.7 Å². The van der Waals surface area contributed by atoms with E-state index in [1.54, 1.807) is 24.3 Å². The number of rotatable bonds is 2. The van der Waals surface area contributed by atoms with Crippen molar-refractivity contribution in [3.63, 3.8) is 0 Å². The number of hydrogen-bond acceptors (Lipinski definition) is 3. The van der Waals surface area contributed by atoms with Gasteiger partial charge in [-0.1, -0.05) is 0 Å². The van der Waals surface area contributed by atoms with Gasteiger partial charge in [0.25, 0.3) is 5.91 Å². The molecular formula is C21H12F4N4O. The lowest BCUT2D eigenvalue weighted by atomic mass is 10.2. The van der Waals surface area contributed by atoms with Gasteiger partial charge in [0.2, 0.25) is 0 Å². The number of amides is 1. The Hall–Kier alpha value is -3.75. The normalized spacial score (nSPS) is 13.9. The molecule has 3 heterocycles. The summed E-state index contributed by atoms with van der Waals surface area (Å²) in [6.07, 6.45) is -3.42. The van der Waals surface area contributed by atoms with Gasteiger partial charge in [-0.15, -0.1) is 0 Å². The van der Waals surface area contributed by atoms with Gasteiger partial charge >= 0.3 is 6.18 Å². The van der Waals surface area contributed by atoms with Crippen LogP contribution in [0.3, 0.4) is 0 Å². The zero-order valence-corrected chi connectivity index (χ0v) is 15.2. The third kappa shape index (κ3) is 2.99. The second-order valence-electron chi connectivity index (χ2n) is 6.91. The Balaban J connectivity index is 1.44. The summed E-state index contributed by atoms with van der Waals surface area (Å²) < 4.78 is 52.1. The molecule has 2 aromatic carbocycles. The summed E-state index contributed by atoms with van der Waals surface area (Å²) in [6, 6.07) is 11.4. The first kappa shape index (κ1) is 18.3. The minimum Gasteiger partial charge on any atom is -0.338 e. The summed E-state index contributed by atoms with van der Waals surface area (Å²) in [6.45, 7) is 0.211. The summed E-state index contributed by atoms with van der Waals surface area (Å²) in [4.78, 5) is 25.1. The van der Waals surface area contributed by atoms with Crippen LogP contribution < -0.4 is 4.90 Å². The number of imidazole rings is 1. The van der Waals surface area contributed by atoms with Gasteiger partial charge < -0.3 is 9.88 Å². The van der Waals surface area contributed by atoms with Crippen LogP contribution in [0.25, 0.3) is 22.4 Å². The van der Waals surface area contributed by atoms with Crippen LogP contribution in [0.5, 0.6) is 0 Å². The summed E-state index contributed by atoms with van der Waals surface area (Å²) in [5, 5.41) is 0. The highest BCUT2D eigenvalue weighted by atomic mass is 19.4. The number of halogens is 4. The number of pyridine rings is 1. The Kier molecular flexibility index (Phi) is 3.89. The number of aromatic amines is 1.